The molecule has 0 aliphatic heterocycles. The van der Waals surface area contributed by atoms with Crippen molar-refractivity contribution in [3.8, 4) is 0 Å². The maximum absolute atomic E-state index is 4.22. The molecule has 0 saturated heterocycles. The van der Waals surface area contributed by atoms with Gasteiger partial charge in [0.15, 0.2) is 0 Å². The number of fused-ring (bicyclic) bond motifs is 1. The lowest BCUT2D eigenvalue weighted by Crippen LogP contribution is -2.56. The third kappa shape index (κ3) is 3.95. The number of hydrogen-bond donors (Lipinski definition) is 0. The van der Waals surface area contributed by atoms with Crippen LogP contribution in [0.25, 0.3) is 0 Å². The molecule has 2 fully saturated rings. The number of rotatable bonds is 6. The molecule has 2 aliphatic carbocycles. The molecule has 0 spiro atoms. The fourth-order valence-electron chi connectivity index (χ4n) is 7.31. The summed E-state index contributed by atoms with van der Waals surface area (Å²) in [6.07, 6.45) is 9.57. The van der Waals surface area contributed by atoms with E-state index in [0.29, 0.717) is 16.2 Å². The highest BCUT2D eigenvalue weighted by Crippen LogP contribution is 2.64. The fraction of sp³-hybridized carbons (Fsp3) is 0.923. The Bertz CT molecular complexity index is 500. The lowest BCUT2D eigenvalue weighted by Gasteiger charge is -2.62. The highest BCUT2D eigenvalue weighted by Gasteiger charge is 2.56. The third-order valence-corrected chi connectivity index (χ3v) is 9.59. The second kappa shape index (κ2) is 7.63. The summed E-state index contributed by atoms with van der Waals surface area (Å²) >= 11 is 0. The quantitative estimate of drug-likeness (QED) is 0.416. The van der Waals surface area contributed by atoms with Crippen molar-refractivity contribution in [3.63, 3.8) is 0 Å². The molecule has 7 atom stereocenters. The molecule has 2 saturated carbocycles. The van der Waals surface area contributed by atoms with E-state index in [1.54, 1.807) is 0 Å². The van der Waals surface area contributed by atoms with Crippen molar-refractivity contribution in [2.75, 3.05) is 0 Å². The van der Waals surface area contributed by atoms with Crippen molar-refractivity contribution in [1.29, 1.82) is 0 Å². The Balaban J connectivity index is 2.30. The highest BCUT2D eigenvalue weighted by molar-refractivity contribution is 5.06. The molecule has 0 aromatic carbocycles. The van der Waals surface area contributed by atoms with Crippen LogP contribution in [0.3, 0.4) is 0 Å². The SMILES string of the molecule is C=C(C)CC(C)(CC)CCC1(C)C(C)C(C)C(C)C2C1CCCC2(C)C. The first-order valence-corrected chi connectivity index (χ1v) is 11.5. The molecule has 0 amide bonds. The summed E-state index contributed by atoms with van der Waals surface area (Å²) in [7, 11) is 0. The smallest absolute Gasteiger partial charge is 0.0266 e. The van der Waals surface area contributed by atoms with E-state index in [1.165, 1.54) is 50.5 Å². The Kier molecular flexibility index (Phi) is 6.47. The first kappa shape index (κ1) is 22.0. The van der Waals surface area contributed by atoms with Gasteiger partial charge in [-0.15, -0.1) is 6.58 Å². The van der Waals surface area contributed by atoms with Gasteiger partial charge in [-0.2, -0.15) is 0 Å². The van der Waals surface area contributed by atoms with E-state index >= 15 is 0 Å². The normalized spacial score (nSPS) is 42.0. The van der Waals surface area contributed by atoms with Crippen LogP contribution in [-0.4, -0.2) is 0 Å². The topological polar surface area (TPSA) is 0 Å². The maximum Gasteiger partial charge on any atom is -0.0266 e. The Morgan fingerprint density at radius 2 is 1.73 bits per heavy atom. The van der Waals surface area contributed by atoms with Crippen molar-refractivity contribution >= 4 is 0 Å². The molecular weight excluding hydrogens is 312 g/mol. The summed E-state index contributed by atoms with van der Waals surface area (Å²) in [6, 6.07) is 0. The van der Waals surface area contributed by atoms with E-state index in [1.807, 2.05) is 0 Å². The van der Waals surface area contributed by atoms with Gasteiger partial charge in [-0.3, -0.25) is 0 Å². The maximum atomic E-state index is 4.22. The summed E-state index contributed by atoms with van der Waals surface area (Å²) in [5.41, 5.74) is 2.80. The molecule has 2 rings (SSSR count). The van der Waals surface area contributed by atoms with Gasteiger partial charge < -0.3 is 0 Å². The van der Waals surface area contributed by atoms with Gasteiger partial charge in [0, 0.05) is 0 Å². The molecule has 0 aromatic heterocycles. The molecule has 0 nitrogen and oxygen atoms in total. The Morgan fingerprint density at radius 1 is 1.12 bits per heavy atom. The van der Waals surface area contributed by atoms with Crippen molar-refractivity contribution in [2.45, 2.75) is 107 Å². The van der Waals surface area contributed by atoms with Gasteiger partial charge in [0.1, 0.15) is 0 Å². The van der Waals surface area contributed by atoms with Crippen LogP contribution < -0.4 is 0 Å². The average Bonchev–Trinajstić information content (AvgIpc) is 2.55. The molecular formula is C26H48. The van der Waals surface area contributed by atoms with E-state index in [-0.39, 0.29) is 0 Å². The summed E-state index contributed by atoms with van der Waals surface area (Å²) < 4.78 is 0. The molecule has 0 heterocycles. The molecule has 0 radical (unpaired) electrons. The molecule has 7 unspecified atom stereocenters. The average molecular weight is 361 g/mol. The Morgan fingerprint density at radius 3 is 2.27 bits per heavy atom. The van der Waals surface area contributed by atoms with Crippen LogP contribution in [-0.2, 0) is 0 Å². The van der Waals surface area contributed by atoms with Gasteiger partial charge in [0.05, 0.1) is 0 Å². The summed E-state index contributed by atoms with van der Waals surface area (Å²) in [6.45, 7) is 26.9. The van der Waals surface area contributed by atoms with Crippen LogP contribution >= 0.6 is 0 Å². The lowest BCUT2D eigenvalue weighted by atomic mass is 9.42. The molecule has 152 valence electrons. The van der Waals surface area contributed by atoms with Crippen molar-refractivity contribution in [3.05, 3.63) is 12.2 Å². The van der Waals surface area contributed by atoms with Crippen LogP contribution in [0.4, 0.5) is 0 Å². The monoisotopic (exact) mass is 360 g/mol. The van der Waals surface area contributed by atoms with Crippen molar-refractivity contribution < 1.29 is 0 Å². The number of allylic oxidation sites excluding steroid dienone is 1. The van der Waals surface area contributed by atoms with Crippen molar-refractivity contribution in [1.82, 2.24) is 0 Å². The van der Waals surface area contributed by atoms with Crippen LogP contribution in [0.2, 0.25) is 0 Å². The zero-order chi connectivity index (χ0) is 19.9. The molecule has 0 aromatic rings. The fourth-order valence-corrected chi connectivity index (χ4v) is 7.31. The minimum atomic E-state index is 0.431. The first-order chi connectivity index (χ1) is 11.9. The van der Waals surface area contributed by atoms with Crippen LogP contribution in [0.15, 0.2) is 12.2 Å². The second-order valence-corrected chi connectivity index (χ2v) is 11.8. The minimum Gasteiger partial charge on any atom is -0.100 e. The lowest BCUT2D eigenvalue weighted by molar-refractivity contribution is -0.138. The van der Waals surface area contributed by atoms with E-state index < -0.39 is 0 Å². The van der Waals surface area contributed by atoms with E-state index in [0.717, 1.165) is 29.6 Å². The van der Waals surface area contributed by atoms with E-state index in [2.05, 4.69) is 68.9 Å². The van der Waals surface area contributed by atoms with Gasteiger partial charge in [-0.1, -0.05) is 73.8 Å². The summed E-state index contributed by atoms with van der Waals surface area (Å²) in [4.78, 5) is 0. The molecule has 26 heavy (non-hydrogen) atoms. The van der Waals surface area contributed by atoms with Gasteiger partial charge in [0.25, 0.3) is 0 Å². The second-order valence-electron chi connectivity index (χ2n) is 11.8. The first-order valence-electron chi connectivity index (χ1n) is 11.5. The van der Waals surface area contributed by atoms with Crippen LogP contribution in [0.5, 0.6) is 0 Å². The molecule has 0 N–H and O–H groups in total. The molecule has 0 heteroatoms. The largest absolute Gasteiger partial charge is 0.100 e. The highest BCUT2D eigenvalue weighted by atomic mass is 14.6. The minimum absolute atomic E-state index is 0.431. The van der Waals surface area contributed by atoms with Gasteiger partial charge in [-0.05, 0) is 84.9 Å². The zero-order valence-corrected chi connectivity index (χ0v) is 19.5. The van der Waals surface area contributed by atoms with Gasteiger partial charge in [0.2, 0.25) is 0 Å². The Hall–Kier alpha value is -0.260. The Labute approximate surface area is 165 Å². The summed E-state index contributed by atoms with van der Waals surface area (Å²) in [5, 5.41) is 0. The molecule has 2 aliphatic rings. The van der Waals surface area contributed by atoms with Crippen molar-refractivity contribution in [2.24, 2.45) is 45.8 Å². The third-order valence-electron chi connectivity index (χ3n) is 9.59. The van der Waals surface area contributed by atoms with Gasteiger partial charge in [-0.25, -0.2) is 0 Å². The predicted molar refractivity (Wildman–Crippen MR) is 117 cm³/mol. The predicted octanol–water partition coefficient (Wildman–Crippen LogP) is 8.52. The summed E-state index contributed by atoms with van der Waals surface area (Å²) in [5.74, 6) is 4.36. The number of hydrogen-bond acceptors (Lipinski definition) is 0. The van der Waals surface area contributed by atoms with Gasteiger partial charge >= 0.3 is 0 Å². The van der Waals surface area contributed by atoms with E-state index in [4.69, 9.17) is 0 Å². The molecule has 0 bridgehead atoms. The standard InChI is InChI=1S/C26H48/c1-11-25(9,17-18(2)3)15-16-26(10)21(6)19(4)20(5)23-22(26)13-12-14-24(23,7)8/h19-23H,2,11-17H2,1,3-10H3. The van der Waals surface area contributed by atoms with Crippen LogP contribution in [0, 0.1) is 45.8 Å². The van der Waals surface area contributed by atoms with Crippen LogP contribution in [0.1, 0.15) is 107 Å². The zero-order valence-electron chi connectivity index (χ0n) is 19.5. The van der Waals surface area contributed by atoms with E-state index in [9.17, 15) is 0 Å².